The highest BCUT2D eigenvalue weighted by atomic mass is 32.2. The molecule has 0 unspecified atom stereocenters. The van der Waals surface area contributed by atoms with Crippen LogP contribution in [0.15, 0.2) is 35.7 Å². The Kier molecular flexibility index (Phi) is 4.91. The van der Waals surface area contributed by atoms with Gasteiger partial charge in [-0.25, -0.2) is 13.4 Å². The van der Waals surface area contributed by atoms with E-state index in [4.69, 9.17) is 0 Å². The monoisotopic (exact) mass is 352 g/mol. The molecule has 0 aliphatic rings. The first kappa shape index (κ1) is 17.6. The molecule has 7 heteroatoms. The number of carbonyl (C=O) groups excluding carboxylic acids is 1. The summed E-state index contributed by atoms with van der Waals surface area (Å²) in [6, 6.07) is 9.58. The van der Waals surface area contributed by atoms with Gasteiger partial charge >= 0.3 is 0 Å². The van der Waals surface area contributed by atoms with Gasteiger partial charge in [-0.15, -0.1) is 11.3 Å². The van der Waals surface area contributed by atoms with Crippen molar-refractivity contribution < 1.29 is 13.2 Å². The largest absolute Gasteiger partial charge is 0.301 e. The second kappa shape index (κ2) is 6.41. The van der Waals surface area contributed by atoms with Crippen LogP contribution in [0.3, 0.4) is 0 Å². The van der Waals surface area contributed by atoms with Crippen LogP contribution in [0.4, 0.5) is 5.13 Å². The van der Waals surface area contributed by atoms with Crippen molar-refractivity contribution in [1.29, 1.82) is 0 Å². The van der Waals surface area contributed by atoms with Crippen molar-refractivity contribution in [2.75, 3.05) is 5.32 Å². The van der Waals surface area contributed by atoms with Gasteiger partial charge in [0.2, 0.25) is 5.91 Å². The lowest BCUT2D eigenvalue weighted by atomic mass is 10.2. The number of nitrogens with zero attached hydrogens (tertiary/aromatic N) is 1. The van der Waals surface area contributed by atoms with E-state index in [1.54, 1.807) is 13.8 Å². The Bertz CT molecular complexity index is 794. The van der Waals surface area contributed by atoms with E-state index in [1.165, 1.54) is 25.2 Å². The summed E-state index contributed by atoms with van der Waals surface area (Å²) in [5.74, 6) is -0.569. The molecule has 1 heterocycles. The Morgan fingerprint density at radius 1 is 1.22 bits per heavy atom. The number of sulfone groups is 1. The van der Waals surface area contributed by atoms with Crippen molar-refractivity contribution in [2.45, 2.75) is 37.7 Å². The molecule has 5 nitrogen and oxygen atoms in total. The van der Waals surface area contributed by atoms with Gasteiger partial charge in [-0.2, -0.15) is 0 Å². The van der Waals surface area contributed by atoms with Gasteiger partial charge in [0.05, 0.1) is 10.9 Å². The number of thiazole rings is 1. The van der Waals surface area contributed by atoms with E-state index in [1.807, 2.05) is 35.7 Å². The van der Waals surface area contributed by atoms with Crippen LogP contribution in [0.2, 0.25) is 0 Å². The molecule has 0 saturated heterocycles. The fourth-order valence-electron chi connectivity index (χ4n) is 2.04. The summed E-state index contributed by atoms with van der Waals surface area (Å²) in [7, 11) is -3.58. The zero-order chi connectivity index (χ0) is 17.3. The highest BCUT2D eigenvalue weighted by molar-refractivity contribution is 7.94. The van der Waals surface area contributed by atoms with Crippen LogP contribution in [-0.4, -0.2) is 29.3 Å². The summed E-state index contributed by atoms with van der Waals surface area (Å²) in [4.78, 5) is 16.8. The Morgan fingerprint density at radius 3 is 2.39 bits per heavy atom. The molecule has 0 bridgehead atoms. The molecule has 1 amide bonds. The van der Waals surface area contributed by atoms with Crippen molar-refractivity contribution in [3.05, 3.63) is 35.7 Å². The van der Waals surface area contributed by atoms with E-state index >= 15 is 0 Å². The molecule has 0 atom stereocenters. The molecule has 0 radical (unpaired) electrons. The zero-order valence-electron chi connectivity index (χ0n) is 13.5. The normalized spacial score (nSPS) is 12.4. The molecule has 1 aromatic heterocycles. The van der Waals surface area contributed by atoms with Gasteiger partial charge in [0.15, 0.2) is 15.0 Å². The van der Waals surface area contributed by atoms with E-state index in [-0.39, 0.29) is 0 Å². The number of rotatable bonds is 5. The van der Waals surface area contributed by atoms with Crippen molar-refractivity contribution >= 4 is 32.2 Å². The number of nitrogens with one attached hydrogen (secondary N) is 1. The van der Waals surface area contributed by atoms with Gasteiger partial charge in [-0.05, 0) is 27.7 Å². The lowest BCUT2D eigenvalue weighted by molar-refractivity contribution is -0.117. The average Bonchev–Trinajstić information content (AvgIpc) is 2.96. The third kappa shape index (κ3) is 3.45. The van der Waals surface area contributed by atoms with E-state index in [9.17, 15) is 13.2 Å². The summed E-state index contributed by atoms with van der Waals surface area (Å²) < 4.78 is 23.2. The zero-order valence-corrected chi connectivity index (χ0v) is 15.2. The first-order valence-electron chi connectivity index (χ1n) is 7.22. The van der Waals surface area contributed by atoms with Crippen molar-refractivity contribution in [1.82, 2.24) is 4.98 Å². The quantitative estimate of drug-likeness (QED) is 0.895. The average molecular weight is 352 g/mol. The highest BCUT2D eigenvalue weighted by Crippen LogP contribution is 2.27. The molecular formula is C16H20N2O3S2. The summed E-state index contributed by atoms with van der Waals surface area (Å²) in [6.45, 7) is 5.98. The molecule has 0 fully saturated rings. The molecule has 0 spiro atoms. The van der Waals surface area contributed by atoms with Crippen molar-refractivity contribution in [3.63, 3.8) is 0 Å². The van der Waals surface area contributed by atoms with Gasteiger partial charge in [0.1, 0.15) is 4.75 Å². The minimum absolute atomic E-state index is 0.390. The third-order valence-electron chi connectivity index (χ3n) is 3.67. The van der Waals surface area contributed by atoms with Crippen molar-refractivity contribution in [2.24, 2.45) is 0 Å². The Labute approximate surface area is 140 Å². The van der Waals surface area contributed by atoms with E-state index < -0.39 is 25.7 Å². The standard InChI is InChI=1S/C16H20N2O3S2/c1-11(2)23(20,21)16(3,4)14(19)18-15-17-13(10-22-15)12-8-6-5-7-9-12/h5-11H,1-4H3,(H,17,18,19). The van der Waals surface area contributed by atoms with E-state index in [2.05, 4.69) is 10.3 Å². The van der Waals surface area contributed by atoms with E-state index in [0.717, 1.165) is 11.3 Å². The van der Waals surface area contributed by atoms with Crippen LogP contribution in [0.1, 0.15) is 27.7 Å². The van der Waals surface area contributed by atoms with Crippen molar-refractivity contribution in [3.8, 4) is 11.3 Å². The fourth-order valence-corrected chi connectivity index (χ4v) is 4.24. The minimum atomic E-state index is -3.58. The highest BCUT2D eigenvalue weighted by Gasteiger charge is 2.43. The number of amides is 1. The SMILES string of the molecule is CC(C)S(=O)(=O)C(C)(C)C(=O)Nc1nc(-c2ccccc2)cs1. The Morgan fingerprint density at radius 2 is 1.83 bits per heavy atom. The number of anilines is 1. The molecule has 0 saturated carbocycles. The number of hydrogen-bond donors (Lipinski definition) is 1. The summed E-state index contributed by atoms with van der Waals surface area (Å²) in [6.07, 6.45) is 0. The van der Waals surface area contributed by atoms with Gasteiger partial charge in [0, 0.05) is 10.9 Å². The molecule has 2 rings (SSSR count). The summed E-state index contributed by atoms with van der Waals surface area (Å²) >= 11 is 1.27. The number of aromatic nitrogens is 1. The number of benzene rings is 1. The maximum atomic E-state index is 12.4. The maximum absolute atomic E-state index is 12.4. The second-order valence-electron chi connectivity index (χ2n) is 5.96. The third-order valence-corrected chi connectivity index (χ3v) is 7.28. The lowest BCUT2D eigenvalue weighted by Crippen LogP contribution is -2.47. The minimum Gasteiger partial charge on any atom is -0.301 e. The molecule has 124 valence electrons. The molecule has 23 heavy (non-hydrogen) atoms. The van der Waals surface area contributed by atoms with Crippen LogP contribution in [0.25, 0.3) is 11.3 Å². The number of carbonyl (C=O) groups is 1. The predicted molar refractivity (Wildman–Crippen MR) is 94.3 cm³/mol. The first-order chi connectivity index (χ1) is 10.7. The van der Waals surface area contributed by atoms with Crippen LogP contribution in [0, 0.1) is 0 Å². The van der Waals surface area contributed by atoms with Crippen LogP contribution in [-0.2, 0) is 14.6 Å². The Hall–Kier alpha value is -1.73. The van der Waals surface area contributed by atoms with Gasteiger partial charge in [-0.3, -0.25) is 4.79 Å². The van der Waals surface area contributed by atoms with E-state index in [0.29, 0.717) is 5.13 Å². The number of hydrogen-bond acceptors (Lipinski definition) is 5. The smallest absolute Gasteiger partial charge is 0.247 e. The molecule has 1 aromatic carbocycles. The van der Waals surface area contributed by atoms with Crippen LogP contribution >= 0.6 is 11.3 Å². The van der Waals surface area contributed by atoms with Gasteiger partial charge in [-0.1, -0.05) is 30.3 Å². The first-order valence-corrected chi connectivity index (χ1v) is 9.64. The fraction of sp³-hybridized carbons (Fsp3) is 0.375. The van der Waals surface area contributed by atoms with Gasteiger partial charge in [0.25, 0.3) is 0 Å². The maximum Gasteiger partial charge on any atom is 0.247 e. The van der Waals surface area contributed by atoms with Gasteiger partial charge < -0.3 is 5.32 Å². The van der Waals surface area contributed by atoms with Crippen LogP contribution < -0.4 is 5.32 Å². The molecule has 1 N–H and O–H groups in total. The second-order valence-corrected chi connectivity index (χ2v) is 9.87. The lowest BCUT2D eigenvalue weighted by Gasteiger charge is -2.25. The Balaban J connectivity index is 2.20. The van der Waals surface area contributed by atoms with Crippen LogP contribution in [0.5, 0.6) is 0 Å². The molecule has 0 aliphatic heterocycles. The molecule has 2 aromatic rings. The predicted octanol–water partition coefficient (Wildman–Crippen LogP) is 3.35. The summed E-state index contributed by atoms with van der Waals surface area (Å²) in [5.41, 5.74) is 1.69. The molecule has 0 aliphatic carbocycles. The summed E-state index contributed by atoms with van der Waals surface area (Å²) in [5, 5.41) is 4.22. The topological polar surface area (TPSA) is 76.1 Å². The molecular weight excluding hydrogens is 332 g/mol.